The molecule has 0 radical (unpaired) electrons. The van der Waals surface area contributed by atoms with Gasteiger partial charge in [-0.15, -0.1) is 0 Å². The molecule has 3 N–H and O–H groups in total. The highest BCUT2D eigenvalue weighted by Crippen LogP contribution is 1.85. The summed E-state index contributed by atoms with van der Waals surface area (Å²) < 4.78 is 4.99. The van der Waals surface area contributed by atoms with Crippen molar-refractivity contribution in [3.05, 3.63) is 0 Å². The summed E-state index contributed by atoms with van der Waals surface area (Å²) in [6.07, 6.45) is 2.31. The van der Waals surface area contributed by atoms with Gasteiger partial charge in [-0.3, -0.25) is 0 Å². The van der Waals surface area contributed by atoms with Gasteiger partial charge in [0.25, 0.3) is 0 Å². The second-order valence-corrected chi connectivity index (χ2v) is 4.41. The maximum atomic E-state index is 5.32. The van der Waals surface area contributed by atoms with Crippen LogP contribution in [0.5, 0.6) is 0 Å². The molecule has 3 nitrogen and oxygen atoms in total. The van der Waals surface area contributed by atoms with E-state index in [2.05, 4.69) is 5.32 Å². The zero-order valence-electron chi connectivity index (χ0n) is 7.44. The minimum Gasteiger partial charge on any atom is -0.389 e. The summed E-state index contributed by atoms with van der Waals surface area (Å²) in [5, 5.41) is 3.27. The molecular weight excluding hydrogens is 156 g/mol. The van der Waals surface area contributed by atoms with Crippen molar-refractivity contribution >= 4 is 9.52 Å². The molecule has 0 saturated heterocycles. The molecule has 4 heteroatoms. The molecule has 0 bridgehead atoms. The van der Waals surface area contributed by atoms with Crippen LogP contribution < -0.4 is 11.1 Å². The van der Waals surface area contributed by atoms with Gasteiger partial charge in [0.05, 0.1) is 9.52 Å². The molecule has 0 aliphatic carbocycles. The lowest BCUT2D eigenvalue weighted by Gasteiger charge is -2.01. The Morgan fingerprint density at radius 2 is 2.27 bits per heavy atom. The van der Waals surface area contributed by atoms with Gasteiger partial charge in [-0.05, 0) is 13.0 Å². The highest BCUT2D eigenvalue weighted by Gasteiger charge is 1.88. The SMILES string of the molecule is COC[SiH2]CCCNCCN. The van der Waals surface area contributed by atoms with Gasteiger partial charge in [0, 0.05) is 26.4 Å². The van der Waals surface area contributed by atoms with Gasteiger partial charge in [-0.25, -0.2) is 0 Å². The number of rotatable bonds is 8. The first kappa shape index (κ1) is 11.1. The summed E-state index contributed by atoms with van der Waals surface area (Å²) in [7, 11) is 1.86. The Morgan fingerprint density at radius 3 is 2.91 bits per heavy atom. The van der Waals surface area contributed by atoms with Gasteiger partial charge in [0.15, 0.2) is 0 Å². The Kier molecular flexibility index (Phi) is 10.2. The summed E-state index contributed by atoms with van der Waals surface area (Å²) >= 11 is 0. The van der Waals surface area contributed by atoms with E-state index in [9.17, 15) is 0 Å². The Bertz CT molecular complexity index is 65.5. The van der Waals surface area contributed by atoms with E-state index in [-0.39, 0.29) is 9.52 Å². The lowest BCUT2D eigenvalue weighted by Crippen LogP contribution is -2.23. The molecule has 0 aromatic rings. The molecule has 68 valence electrons. The topological polar surface area (TPSA) is 47.3 Å². The Balaban J connectivity index is 2.69. The molecule has 0 heterocycles. The summed E-state index contributed by atoms with van der Waals surface area (Å²) in [6, 6.07) is 1.38. The number of nitrogens with two attached hydrogens (primary N) is 1. The number of ether oxygens (including phenoxy) is 1. The largest absolute Gasteiger partial charge is 0.389 e. The van der Waals surface area contributed by atoms with Crippen molar-refractivity contribution in [1.29, 1.82) is 0 Å². The fraction of sp³-hybridized carbons (Fsp3) is 1.00. The highest BCUT2D eigenvalue weighted by molar-refractivity contribution is 6.35. The number of nitrogens with one attached hydrogen (secondary N) is 1. The van der Waals surface area contributed by atoms with Crippen LogP contribution in [-0.2, 0) is 4.74 Å². The molecule has 0 aromatic carbocycles. The van der Waals surface area contributed by atoms with Gasteiger partial charge in [0.1, 0.15) is 0 Å². The van der Waals surface area contributed by atoms with Crippen molar-refractivity contribution < 1.29 is 4.74 Å². The zero-order chi connectivity index (χ0) is 8.36. The van der Waals surface area contributed by atoms with Crippen molar-refractivity contribution in [3.8, 4) is 0 Å². The van der Waals surface area contributed by atoms with E-state index in [1.54, 1.807) is 7.11 Å². The first-order valence-electron chi connectivity index (χ1n) is 4.31. The zero-order valence-corrected chi connectivity index (χ0v) is 8.85. The smallest absolute Gasteiger partial charge is 0.0516 e. The van der Waals surface area contributed by atoms with Gasteiger partial charge in [-0.1, -0.05) is 6.04 Å². The molecule has 0 spiro atoms. The van der Waals surface area contributed by atoms with E-state index < -0.39 is 0 Å². The molecular formula is C7H20N2OSi. The van der Waals surface area contributed by atoms with Gasteiger partial charge in [-0.2, -0.15) is 0 Å². The van der Waals surface area contributed by atoms with Crippen molar-refractivity contribution in [2.24, 2.45) is 5.73 Å². The second kappa shape index (κ2) is 10.1. The van der Waals surface area contributed by atoms with Crippen LogP contribution in [0, 0.1) is 0 Å². The average Bonchev–Trinajstić information content (AvgIpc) is 2.03. The maximum absolute atomic E-state index is 5.32. The molecule has 0 aliphatic rings. The lowest BCUT2D eigenvalue weighted by atomic mass is 10.5. The van der Waals surface area contributed by atoms with Crippen LogP contribution in [0.25, 0.3) is 0 Å². The van der Waals surface area contributed by atoms with Crippen molar-refractivity contribution in [2.45, 2.75) is 12.5 Å². The molecule has 11 heavy (non-hydrogen) atoms. The molecule has 0 aliphatic heterocycles. The van der Waals surface area contributed by atoms with E-state index in [0.29, 0.717) is 0 Å². The van der Waals surface area contributed by atoms with E-state index >= 15 is 0 Å². The average molecular weight is 176 g/mol. The third kappa shape index (κ3) is 10.1. The standard InChI is InChI=1S/C7H20N2OSi/c1-10-7-11-6-2-4-9-5-3-8/h9H,2-8,11H2,1H3. The summed E-state index contributed by atoms with van der Waals surface area (Å²) in [5.74, 6) is 0. The summed E-state index contributed by atoms with van der Waals surface area (Å²) in [4.78, 5) is 0. The van der Waals surface area contributed by atoms with E-state index in [0.717, 1.165) is 25.9 Å². The van der Waals surface area contributed by atoms with Crippen LogP contribution in [0.4, 0.5) is 0 Å². The van der Waals surface area contributed by atoms with Crippen molar-refractivity contribution in [3.63, 3.8) is 0 Å². The predicted molar refractivity (Wildman–Crippen MR) is 51.8 cm³/mol. The maximum Gasteiger partial charge on any atom is 0.0516 e. The number of hydrogen-bond donors (Lipinski definition) is 2. The van der Waals surface area contributed by atoms with Crippen LogP contribution in [0.2, 0.25) is 6.04 Å². The minimum atomic E-state index is 0.0836. The minimum absolute atomic E-state index is 0.0836. The fourth-order valence-electron chi connectivity index (χ4n) is 0.900. The normalized spacial score (nSPS) is 11.5. The van der Waals surface area contributed by atoms with Crippen LogP contribution in [0.3, 0.4) is 0 Å². The molecule has 0 aromatic heterocycles. The monoisotopic (exact) mass is 176 g/mol. The predicted octanol–water partition coefficient (Wildman–Crippen LogP) is -0.884. The fourth-order valence-corrected chi connectivity index (χ4v) is 2.00. The first-order chi connectivity index (χ1) is 5.41. The molecule has 0 saturated carbocycles. The molecule has 0 rings (SSSR count). The van der Waals surface area contributed by atoms with Gasteiger partial charge < -0.3 is 15.8 Å². The van der Waals surface area contributed by atoms with E-state index in [4.69, 9.17) is 10.5 Å². The van der Waals surface area contributed by atoms with Gasteiger partial charge >= 0.3 is 0 Å². The Hall–Kier alpha value is 0.0969. The first-order valence-corrected chi connectivity index (χ1v) is 6.31. The molecule has 0 amide bonds. The second-order valence-electron chi connectivity index (χ2n) is 2.59. The Morgan fingerprint density at radius 1 is 1.45 bits per heavy atom. The van der Waals surface area contributed by atoms with Crippen LogP contribution in [-0.4, -0.2) is 42.5 Å². The van der Waals surface area contributed by atoms with Crippen LogP contribution >= 0.6 is 0 Å². The van der Waals surface area contributed by atoms with Crippen LogP contribution in [0.15, 0.2) is 0 Å². The van der Waals surface area contributed by atoms with Gasteiger partial charge in [0.2, 0.25) is 0 Å². The van der Waals surface area contributed by atoms with Crippen molar-refractivity contribution in [2.75, 3.05) is 33.0 Å². The highest BCUT2D eigenvalue weighted by atomic mass is 28.2. The lowest BCUT2D eigenvalue weighted by molar-refractivity contribution is 0.251. The summed E-state index contributed by atoms with van der Waals surface area (Å²) in [5.41, 5.74) is 5.32. The van der Waals surface area contributed by atoms with E-state index in [1.807, 2.05) is 0 Å². The Labute approximate surface area is 71.5 Å². The number of methoxy groups -OCH3 is 1. The van der Waals surface area contributed by atoms with Crippen molar-refractivity contribution in [1.82, 2.24) is 5.32 Å². The molecule has 0 unspecified atom stereocenters. The number of hydrogen-bond acceptors (Lipinski definition) is 3. The summed E-state index contributed by atoms with van der Waals surface area (Å²) in [6.45, 7) is 2.81. The quantitative estimate of drug-likeness (QED) is 0.373. The van der Waals surface area contributed by atoms with E-state index in [1.165, 1.54) is 12.5 Å². The van der Waals surface area contributed by atoms with Crippen LogP contribution in [0.1, 0.15) is 6.42 Å². The third-order valence-electron chi connectivity index (χ3n) is 1.52. The molecule has 0 atom stereocenters. The third-order valence-corrected chi connectivity index (χ3v) is 3.22. The molecule has 0 fully saturated rings.